The van der Waals surface area contributed by atoms with Crippen molar-refractivity contribution in [2.75, 3.05) is 40.6 Å². The molecular weight excluding hydrogens is 1060 g/mol. The van der Waals surface area contributed by atoms with Gasteiger partial charge in [-0.1, -0.05) is 13.2 Å². The van der Waals surface area contributed by atoms with E-state index in [4.69, 9.17) is 56.8 Å². The van der Waals surface area contributed by atoms with Crippen LogP contribution >= 0.6 is 0 Å². The fourth-order valence-electron chi connectivity index (χ4n) is 8.80. The molecule has 2 aromatic carbocycles. The first-order valence-electron chi connectivity index (χ1n) is 26.0. The Kier molecular flexibility index (Phi) is 24.8. The third-order valence-corrected chi connectivity index (χ3v) is 13.2. The highest BCUT2D eigenvalue weighted by Gasteiger charge is 2.35. The lowest BCUT2D eigenvalue weighted by atomic mass is 9.82. The molecule has 80 heavy (non-hydrogen) atoms. The quantitative estimate of drug-likeness (QED) is 0.0358. The number of hydrogen-bond acceptors (Lipinski definition) is 24. The Morgan fingerprint density at radius 3 is 1.04 bits per heavy atom. The second kappa shape index (κ2) is 31.8. The summed E-state index contributed by atoms with van der Waals surface area (Å²) >= 11 is 0. The van der Waals surface area contributed by atoms with Crippen LogP contribution in [0.4, 0.5) is 0 Å². The van der Waals surface area contributed by atoms with Crippen LogP contribution in [0.1, 0.15) is 123 Å². The minimum Gasteiger partial charge on any atom is -0.465 e. The lowest BCUT2D eigenvalue weighted by Gasteiger charge is -2.27. The van der Waals surface area contributed by atoms with E-state index in [1.165, 1.54) is 36.4 Å². The molecule has 0 aromatic heterocycles. The van der Waals surface area contributed by atoms with Crippen LogP contribution < -0.4 is 18.9 Å². The average Bonchev–Trinajstić information content (AvgIpc) is 3.51. The molecule has 0 N–H and O–H groups in total. The van der Waals surface area contributed by atoms with E-state index in [0.29, 0.717) is 51.4 Å². The van der Waals surface area contributed by atoms with Gasteiger partial charge in [0.2, 0.25) is 0 Å². The zero-order chi connectivity index (χ0) is 58.1. The highest BCUT2D eigenvalue weighted by Crippen LogP contribution is 2.36. The van der Waals surface area contributed by atoms with Crippen molar-refractivity contribution >= 4 is 71.6 Å². The molecule has 0 spiro atoms. The zero-order valence-corrected chi connectivity index (χ0v) is 44.4. The van der Waals surface area contributed by atoms with Gasteiger partial charge < -0.3 is 56.8 Å². The number of benzene rings is 2. The molecule has 0 bridgehead atoms. The zero-order valence-electron chi connectivity index (χ0n) is 44.4. The molecule has 2 aromatic rings. The predicted octanol–water partition coefficient (Wildman–Crippen LogP) is 5.70. The number of carbonyl (C=O) groups excluding carboxylic acids is 12. The molecule has 3 aliphatic rings. The maximum absolute atomic E-state index is 13.4. The Balaban J connectivity index is 1.03. The number of carbonyl (C=O) groups is 12. The number of hydrogen-bond donors (Lipinski definition) is 0. The van der Waals surface area contributed by atoms with E-state index in [1.807, 2.05) is 0 Å². The molecule has 24 heteroatoms. The molecule has 24 nitrogen and oxygen atoms in total. The molecule has 0 amide bonds. The normalized spacial score (nSPS) is 19.4. The summed E-state index contributed by atoms with van der Waals surface area (Å²) in [7, 11) is 2.25. The van der Waals surface area contributed by atoms with E-state index < -0.39 is 108 Å². The smallest absolute Gasteiger partial charge is 0.341 e. The summed E-state index contributed by atoms with van der Waals surface area (Å²) in [5.41, 5.74) is -0.380. The van der Waals surface area contributed by atoms with Crippen molar-refractivity contribution in [2.24, 2.45) is 23.7 Å². The van der Waals surface area contributed by atoms with Gasteiger partial charge in [-0.15, -0.1) is 0 Å². The maximum Gasteiger partial charge on any atom is 0.341 e. The first-order chi connectivity index (χ1) is 38.4. The van der Waals surface area contributed by atoms with E-state index in [-0.39, 0.29) is 112 Å². The number of rotatable bonds is 26. The second-order valence-corrected chi connectivity index (χ2v) is 18.6. The molecule has 3 fully saturated rings. The molecule has 3 aliphatic carbocycles. The lowest BCUT2D eigenvalue weighted by Crippen LogP contribution is -2.31. The van der Waals surface area contributed by atoms with Gasteiger partial charge >= 0.3 is 71.6 Å². The van der Waals surface area contributed by atoms with Crippen LogP contribution in [-0.4, -0.2) is 124 Å². The van der Waals surface area contributed by atoms with Gasteiger partial charge in [-0.2, -0.15) is 0 Å². The molecule has 0 unspecified atom stereocenters. The minimum absolute atomic E-state index is 0.0152. The van der Waals surface area contributed by atoms with Gasteiger partial charge in [0.05, 0.1) is 63.6 Å². The predicted molar refractivity (Wildman–Crippen MR) is 270 cm³/mol. The van der Waals surface area contributed by atoms with E-state index in [2.05, 4.69) is 13.2 Å². The van der Waals surface area contributed by atoms with Crippen molar-refractivity contribution in [2.45, 2.75) is 115 Å². The van der Waals surface area contributed by atoms with Crippen molar-refractivity contribution in [1.29, 1.82) is 0 Å². The summed E-state index contributed by atoms with van der Waals surface area (Å²) in [5, 5.41) is 0. The van der Waals surface area contributed by atoms with Crippen LogP contribution in [0.15, 0.2) is 61.7 Å². The molecule has 0 aliphatic heterocycles. The average molecular weight is 1120 g/mol. The number of methoxy groups -OCH3 is 2. The van der Waals surface area contributed by atoms with Crippen LogP contribution in [0.25, 0.3) is 0 Å². The van der Waals surface area contributed by atoms with Gasteiger partial charge in [0.1, 0.15) is 72.8 Å². The molecule has 5 rings (SSSR count). The number of ether oxygens (including phenoxy) is 12. The SMILES string of the molecule is C=CC(=O)OCCOC(=O)CCC(=O)OC1CCC(C(=O)Oc2ccc(OC(=O)C3CCC(C(=O)Oc4ccc(OC(=O)C5CCC(OC(=O)CCC(=O)OCCOC(=O)C=C)CC5)cc4C(=O)OC)CC3)c(C(=O)OC)c2)CC1. The van der Waals surface area contributed by atoms with Crippen LogP contribution in [0.3, 0.4) is 0 Å². The Bertz CT molecular complexity index is 2430. The first-order valence-corrected chi connectivity index (χ1v) is 26.0. The Morgan fingerprint density at radius 1 is 0.412 bits per heavy atom. The molecule has 0 heterocycles. The Morgan fingerprint density at radius 2 is 0.713 bits per heavy atom. The minimum atomic E-state index is -0.874. The third-order valence-electron chi connectivity index (χ3n) is 13.2. The van der Waals surface area contributed by atoms with Gasteiger partial charge in [0, 0.05) is 12.2 Å². The fraction of sp³-hybridized carbons (Fsp3) is 0.500. The highest BCUT2D eigenvalue weighted by atomic mass is 16.6. The van der Waals surface area contributed by atoms with Crippen molar-refractivity contribution in [3.05, 3.63) is 72.8 Å². The highest BCUT2D eigenvalue weighted by molar-refractivity contribution is 5.95. The molecular formula is C56H64O24. The van der Waals surface area contributed by atoms with E-state index in [1.54, 1.807) is 0 Å². The van der Waals surface area contributed by atoms with Crippen LogP contribution in [-0.2, 0) is 85.8 Å². The van der Waals surface area contributed by atoms with Crippen molar-refractivity contribution in [3.63, 3.8) is 0 Å². The first kappa shape index (κ1) is 62.4. The van der Waals surface area contributed by atoms with E-state index >= 15 is 0 Å². The maximum atomic E-state index is 13.4. The topological polar surface area (TPSA) is 316 Å². The van der Waals surface area contributed by atoms with Crippen LogP contribution in [0.5, 0.6) is 23.0 Å². The van der Waals surface area contributed by atoms with Crippen LogP contribution in [0.2, 0.25) is 0 Å². The molecule has 432 valence electrons. The largest absolute Gasteiger partial charge is 0.465 e. The van der Waals surface area contributed by atoms with Crippen molar-refractivity contribution in [3.8, 4) is 23.0 Å². The second-order valence-electron chi connectivity index (χ2n) is 18.6. The molecule has 0 atom stereocenters. The monoisotopic (exact) mass is 1120 g/mol. The van der Waals surface area contributed by atoms with Gasteiger partial charge in [-0.05, 0) is 113 Å². The van der Waals surface area contributed by atoms with Gasteiger partial charge in [0.25, 0.3) is 0 Å². The molecule has 0 radical (unpaired) electrons. The van der Waals surface area contributed by atoms with Gasteiger partial charge in [0.15, 0.2) is 0 Å². The van der Waals surface area contributed by atoms with Crippen molar-refractivity contribution in [1.82, 2.24) is 0 Å². The van der Waals surface area contributed by atoms with E-state index in [9.17, 15) is 57.5 Å². The number of esters is 12. The summed E-state index contributed by atoms with van der Waals surface area (Å²) in [6.45, 7) is 5.85. The summed E-state index contributed by atoms with van der Waals surface area (Å²) < 4.78 is 62.5. The van der Waals surface area contributed by atoms with Gasteiger partial charge in [-0.3, -0.25) is 38.4 Å². The van der Waals surface area contributed by atoms with Crippen molar-refractivity contribution < 1.29 is 114 Å². The summed E-state index contributed by atoms with van der Waals surface area (Å²) in [6, 6.07) is 7.72. The molecule has 3 saturated carbocycles. The van der Waals surface area contributed by atoms with E-state index in [0.717, 1.165) is 26.4 Å². The fourth-order valence-corrected chi connectivity index (χ4v) is 8.80. The van der Waals surface area contributed by atoms with Crippen LogP contribution in [0, 0.1) is 23.7 Å². The van der Waals surface area contributed by atoms with Gasteiger partial charge in [-0.25, -0.2) is 19.2 Å². The lowest BCUT2D eigenvalue weighted by molar-refractivity contribution is -0.157. The summed E-state index contributed by atoms with van der Waals surface area (Å²) in [5.74, 6) is -11.0. The molecule has 0 saturated heterocycles. The summed E-state index contributed by atoms with van der Waals surface area (Å²) in [4.78, 5) is 149. The standard InChI is InChI=1S/C56H64O24/c1-5-45(57)71-27-29-73-47(59)23-25-49(61)75-37-15-11-35(12-16-37)51(63)77-39-19-21-43(41(31-39)55(67)69-3)79-53(65)33-7-9-34(10-8-33)54(66)80-44-22-20-40(32-42(44)56(68)70-4)78-52(64)36-13-17-38(18-14-36)76-50(62)26-24-48(60)74-30-28-72-46(58)6-2/h5-6,19-22,31-38H,1-2,7-18,23-30H2,3-4H3. The summed E-state index contributed by atoms with van der Waals surface area (Å²) in [6.07, 6.45) is 3.58. The Labute approximate surface area is 459 Å². The Hall–Kier alpha value is -8.44. The third kappa shape index (κ3) is 20.1.